The molecule has 0 bridgehead atoms. The Balaban J connectivity index is 1.65. The van der Waals surface area contributed by atoms with E-state index in [4.69, 9.17) is 10.5 Å². The Hall–Kier alpha value is -2.70. The Morgan fingerprint density at radius 1 is 1.18 bits per heavy atom. The number of aromatic hydroxyl groups is 1. The van der Waals surface area contributed by atoms with Crippen LogP contribution in [0.3, 0.4) is 0 Å². The minimum absolute atomic E-state index is 0.111. The fraction of sp³-hybridized carbons (Fsp3) is 0.364. The predicted molar refractivity (Wildman–Crippen MR) is 107 cm³/mol. The predicted octanol–water partition coefficient (Wildman–Crippen LogP) is 2.70. The van der Waals surface area contributed by atoms with Gasteiger partial charge in [-0.3, -0.25) is 9.59 Å². The van der Waals surface area contributed by atoms with E-state index in [-0.39, 0.29) is 29.6 Å². The van der Waals surface area contributed by atoms with Crippen molar-refractivity contribution in [3.8, 4) is 5.75 Å². The number of methoxy groups -OCH3 is 1. The summed E-state index contributed by atoms with van der Waals surface area (Å²) >= 11 is 0. The molecule has 0 atom stereocenters. The number of likely N-dealkylation sites (tertiary alicyclic amines) is 1. The highest BCUT2D eigenvalue weighted by molar-refractivity contribution is 6.01. The van der Waals surface area contributed by atoms with Crippen LogP contribution in [0.2, 0.25) is 0 Å². The van der Waals surface area contributed by atoms with Gasteiger partial charge in [-0.2, -0.15) is 0 Å². The lowest BCUT2D eigenvalue weighted by molar-refractivity contribution is 0.0711. The molecule has 6 heteroatoms. The zero-order chi connectivity index (χ0) is 20.1. The van der Waals surface area contributed by atoms with Gasteiger partial charge in [0.25, 0.3) is 5.91 Å². The maximum atomic E-state index is 12.8. The summed E-state index contributed by atoms with van der Waals surface area (Å²) in [5, 5.41) is 10.1. The second-order valence-corrected chi connectivity index (χ2v) is 7.10. The van der Waals surface area contributed by atoms with Crippen molar-refractivity contribution in [1.29, 1.82) is 0 Å². The Labute approximate surface area is 164 Å². The van der Waals surface area contributed by atoms with Crippen molar-refractivity contribution < 1.29 is 19.4 Å². The number of Topliss-reactive ketones (excluding diaryl/α,β-unsaturated/α-hetero) is 1. The van der Waals surface area contributed by atoms with E-state index in [1.165, 1.54) is 24.8 Å². The number of piperidine rings is 1. The number of rotatable bonds is 6. The second-order valence-electron chi connectivity index (χ2n) is 7.10. The molecule has 0 radical (unpaired) electrons. The van der Waals surface area contributed by atoms with E-state index in [1.807, 2.05) is 12.1 Å². The number of carbonyl (C=O) groups is 2. The van der Waals surface area contributed by atoms with Gasteiger partial charge in [0, 0.05) is 32.3 Å². The van der Waals surface area contributed by atoms with E-state index in [0.717, 1.165) is 18.4 Å². The molecular formula is C22H26N2O4. The van der Waals surface area contributed by atoms with Crippen LogP contribution in [0.15, 0.2) is 42.5 Å². The fourth-order valence-corrected chi connectivity index (χ4v) is 3.68. The summed E-state index contributed by atoms with van der Waals surface area (Å²) in [5.41, 5.74) is 8.67. The summed E-state index contributed by atoms with van der Waals surface area (Å²) in [6, 6.07) is 12.8. The van der Waals surface area contributed by atoms with Crippen molar-refractivity contribution in [1.82, 2.24) is 4.90 Å². The van der Waals surface area contributed by atoms with Crippen molar-refractivity contribution in [3.63, 3.8) is 0 Å². The lowest BCUT2D eigenvalue weighted by atomic mass is 9.88. The Morgan fingerprint density at radius 3 is 2.57 bits per heavy atom. The molecule has 148 valence electrons. The van der Waals surface area contributed by atoms with Gasteiger partial charge in [-0.1, -0.05) is 24.3 Å². The third kappa shape index (κ3) is 4.40. The molecule has 1 amide bonds. The number of phenols is 1. The quantitative estimate of drug-likeness (QED) is 0.750. The molecule has 1 heterocycles. The van der Waals surface area contributed by atoms with Gasteiger partial charge in [0.15, 0.2) is 5.78 Å². The summed E-state index contributed by atoms with van der Waals surface area (Å²) in [7, 11) is 1.42. The van der Waals surface area contributed by atoms with Crippen LogP contribution >= 0.6 is 0 Å². The van der Waals surface area contributed by atoms with Gasteiger partial charge >= 0.3 is 0 Å². The van der Waals surface area contributed by atoms with Crippen LogP contribution in [0.25, 0.3) is 0 Å². The number of ketones is 1. The lowest BCUT2D eigenvalue weighted by Gasteiger charge is -2.32. The average molecular weight is 382 g/mol. The minimum atomic E-state index is -0.320. The largest absolute Gasteiger partial charge is 0.507 e. The number of benzene rings is 2. The SMILES string of the molecule is COCC(=O)c1ccc(C(=O)N2CCC(c3cccc(CN)c3)CC2)cc1O. The molecule has 3 rings (SSSR count). The van der Waals surface area contributed by atoms with Gasteiger partial charge < -0.3 is 20.5 Å². The van der Waals surface area contributed by atoms with Crippen LogP contribution in [0.1, 0.15) is 50.6 Å². The number of amides is 1. The summed E-state index contributed by atoms with van der Waals surface area (Å²) in [5.74, 6) is -0.228. The van der Waals surface area contributed by atoms with Crippen molar-refractivity contribution in [3.05, 3.63) is 64.7 Å². The smallest absolute Gasteiger partial charge is 0.253 e. The molecule has 1 aliphatic rings. The third-order valence-electron chi connectivity index (χ3n) is 5.26. The van der Waals surface area contributed by atoms with Crippen LogP contribution < -0.4 is 5.73 Å². The first-order chi connectivity index (χ1) is 13.5. The number of ether oxygens (including phenoxy) is 1. The van der Waals surface area contributed by atoms with E-state index in [2.05, 4.69) is 12.1 Å². The first-order valence-corrected chi connectivity index (χ1v) is 9.46. The Kier molecular flexibility index (Phi) is 6.44. The first kappa shape index (κ1) is 20.0. The molecule has 0 spiro atoms. The molecule has 1 aliphatic heterocycles. The molecule has 6 nitrogen and oxygen atoms in total. The molecule has 28 heavy (non-hydrogen) atoms. The molecule has 2 aromatic carbocycles. The monoisotopic (exact) mass is 382 g/mol. The molecule has 0 unspecified atom stereocenters. The standard InChI is InChI=1S/C22H26N2O4/c1-28-14-21(26)19-6-5-18(12-20(19)25)22(27)24-9-7-16(8-10-24)17-4-2-3-15(11-17)13-23/h2-6,11-12,16,25H,7-10,13-14,23H2,1H3. The Morgan fingerprint density at radius 2 is 1.93 bits per heavy atom. The van der Waals surface area contributed by atoms with Crippen molar-refractivity contribution >= 4 is 11.7 Å². The van der Waals surface area contributed by atoms with E-state index in [1.54, 1.807) is 11.0 Å². The van der Waals surface area contributed by atoms with Crippen molar-refractivity contribution in [2.75, 3.05) is 26.8 Å². The van der Waals surface area contributed by atoms with Crippen molar-refractivity contribution in [2.24, 2.45) is 5.73 Å². The summed E-state index contributed by atoms with van der Waals surface area (Å²) < 4.78 is 4.80. The highest BCUT2D eigenvalue weighted by Gasteiger charge is 2.25. The van der Waals surface area contributed by atoms with Gasteiger partial charge in [-0.15, -0.1) is 0 Å². The third-order valence-corrected chi connectivity index (χ3v) is 5.26. The van der Waals surface area contributed by atoms with Crippen LogP contribution in [-0.2, 0) is 11.3 Å². The molecular weight excluding hydrogens is 356 g/mol. The maximum absolute atomic E-state index is 12.8. The number of hydrogen-bond acceptors (Lipinski definition) is 5. The lowest BCUT2D eigenvalue weighted by Crippen LogP contribution is -2.38. The zero-order valence-electron chi connectivity index (χ0n) is 16.1. The number of phenolic OH excluding ortho intramolecular Hbond substituents is 1. The van der Waals surface area contributed by atoms with Gasteiger partial charge in [-0.25, -0.2) is 0 Å². The van der Waals surface area contributed by atoms with E-state index >= 15 is 0 Å². The summed E-state index contributed by atoms with van der Waals surface area (Å²) in [6.07, 6.45) is 1.77. The molecule has 3 N–H and O–H groups in total. The highest BCUT2D eigenvalue weighted by Crippen LogP contribution is 2.30. The number of nitrogens with two attached hydrogens (primary N) is 1. The maximum Gasteiger partial charge on any atom is 0.253 e. The number of nitrogens with zero attached hydrogens (tertiary/aromatic N) is 1. The van der Waals surface area contributed by atoms with Gasteiger partial charge in [0.1, 0.15) is 12.4 Å². The Bertz CT molecular complexity index is 857. The molecule has 2 aromatic rings. The number of hydrogen-bond donors (Lipinski definition) is 2. The van der Waals surface area contributed by atoms with Crippen LogP contribution in [0, 0.1) is 0 Å². The molecule has 0 saturated carbocycles. The van der Waals surface area contributed by atoms with Crippen LogP contribution in [0.4, 0.5) is 0 Å². The normalized spacial score (nSPS) is 14.9. The molecule has 0 aliphatic carbocycles. The van der Waals surface area contributed by atoms with Crippen LogP contribution in [-0.4, -0.2) is 48.5 Å². The fourth-order valence-electron chi connectivity index (χ4n) is 3.68. The van der Waals surface area contributed by atoms with Crippen LogP contribution in [0.5, 0.6) is 5.75 Å². The van der Waals surface area contributed by atoms with Gasteiger partial charge in [0.2, 0.25) is 0 Å². The minimum Gasteiger partial charge on any atom is -0.507 e. The van der Waals surface area contributed by atoms with Gasteiger partial charge in [-0.05, 0) is 48.1 Å². The second kappa shape index (κ2) is 8.99. The molecule has 1 saturated heterocycles. The highest BCUT2D eigenvalue weighted by atomic mass is 16.5. The van der Waals surface area contributed by atoms with E-state index < -0.39 is 0 Å². The summed E-state index contributed by atoms with van der Waals surface area (Å²) in [6.45, 7) is 1.72. The van der Waals surface area contributed by atoms with Crippen molar-refractivity contribution in [2.45, 2.75) is 25.3 Å². The first-order valence-electron chi connectivity index (χ1n) is 9.46. The summed E-state index contributed by atoms with van der Waals surface area (Å²) in [4.78, 5) is 26.5. The topological polar surface area (TPSA) is 92.9 Å². The van der Waals surface area contributed by atoms with E-state index in [9.17, 15) is 14.7 Å². The van der Waals surface area contributed by atoms with Gasteiger partial charge in [0.05, 0.1) is 5.56 Å². The molecule has 0 aromatic heterocycles. The van der Waals surface area contributed by atoms with E-state index in [0.29, 0.717) is 31.1 Å². The average Bonchev–Trinajstić information content (AvgIpc) is 2.73. The number of carbonyl (C=O) groups excluding carboxylic acids is 2. The molecule has 1 fully saturated rings. The zero-order valence-corrected chi connectivity index (χ0v) is 16.1.